The summed E-state index contributed by atoms with van der Waals surface area (Å²) < 4.78 is 1.74. The van der Waals surface area contributed by atoms with E-state index in [-0.39, 0.29) is 11.7 Å². The van der Waals surface area contributed by atoms with Gasteiger partial charge in [-0.25, -0.2) is 15.0 Å². The van der Waals surface area contributed by atoms with Crippen LogP contribution in [0.1, 0.15) is 26.3 Å². The molecule has 28 heavy (non-hydrogen) atoms. The summed E-state index contributed by atoms with van der Waals surface area (Å²) in [4.78, 5) is 40.8. The first-order valence-electron chi connectivity index (χ1n) is 8.73. The quantitative estimate of drug-likeness (QED) is 0.478. The molecule has 1 aliphatic rings. The Morgan fingerprint density at radius 3 is 2.61 bits per heavy atom. The van der Waals surface area contributed by atoms with Gasteiger partial charge >= 0.3 is 0 Å². The van der Waals surface area contributed by atoms with Crippen LogP contribution in [0.25, 0.3) is 27.8 Å². The Kier molecular flexibility index (Phi) is 3.39. The molecule has 1 aliphatic carbocycles. The van der Waals surface area contributed by atoms with Crippen molar-refractivity contribution in [1.82, 2.24) is 24.4 Å². The van der Waals surface area contributed by atoms with Gasteiger partial charge in [0.2, 0.25) is 0 Å². The molecule has 0 bridgehead atoms. The number of amides is 1. The predicted octanol–water partition coefficient (Wildman–Crippen LogP) is 2.73. The van der Waals surface area contributed by atoms with Gasteiger partial charge in [-0.2, -0.15) is 0 Å². The maximum Gasteiger partial charge on any atom is 0.255 e. The highest BCUT2D eigenvalue weighted by molar-refractivity contribution is 6.28. The zero-order chi connectivity index (χ0) is 19.4. The molecule has 0 saturated carbocycles. The Labute approximate surface area is 160 Å². The lowest BCUT2D eigenvalue weighted by Gasteiger charge is -2.23. The molecule has 0 N–H and O–H groups in total. The molecule has 136 valence electrons. The summed E-state index contributed by atoms with van der Waals surface area (Å²) in [5, 5.41) is 0.600. The van der Waals surface area contributed by atoms with Crippen LogP contribution in [0.4, 0.5) is 0 Å². The predicted molar refractivity (Wildman–Crippen MR) is 104 cm³/mol. The number of benzene rings is 2. The lowest BCUT2D eigenvalue weighted by atomic mass is 9.84. The van der Waals surface area contributed by atoms with Crippen LogP contribution in [-0.2, 0) is 0 Å². The van der Waals surface area contributed by atoms with Crippen LogP contribution in [0.15, 0.2) is 55.4 Å². The van der Waals surface area contributed by atoms with Gasteiger partial charge in [-0.3, -0.25) is 9.59 Å². The first kappa shape index (κ1) is 16.3. The SMILES string of the molecule is CN(C)C(=O)c1cc(-n2ccnc2)c2c3c(ncnc13)-c1ccccc1C2=O. The van der Waals surface area contributed by atoms with Crippen LogP contribution >= 0.6 is 0 Å². The summed E-state index contributed by atoms with van der Waals surface area (Å²) in [5.41, 5.74) is 3.96. The van der Waals surface area contributed by atoms with Crippen molar-refractivity contribution < 1.29 is 9.59 Å². The van der Waals surface area contributed by atoms with Gasteiger partial charge in [0.15, 0.2) is 5.78 Å². The number of carbonyl (C=O) groups excluding carboxylic acids is 2. The van der Waals surface area contributed by atoms with Crippen molar-refractivity contribution >= 4 is 22.6 Å². The van der Waals surface area contributed by atoms with Gasteiger partial charge in [0.1, 0.15) is 6.33 Å². The van der Waals surface area contributed by atoms with Crippen LogP contribution in [0, 0.1) is 0 Å². The molecule has 0 aliphatic heterocycles. The third-order valence-corrected chi connectivity index (χ3v) is 4.96. The zero-order valence-electron chi connectivity index (χ0n) is 15.2. The third kappa shape index (κ3) is 2.13. The molecule has 2 heterocycles. The van der Waals surface area contributed by atoms with E-state index in [0.29, 0.717) is 39.0 Å². The molecule has 0 atom stereocenters. The Balaban J connectivity index is 1.99. The maximum absolute atomic E-state index is 13.4. The normalized spacial score (nSPS) is 12.1. The van der Waals surface area contributed by atoms with Gasteiger partial charge in [-0.15, -0.1) is 0 Å². The van der Waals surface area contributed by atoms with Gasteiger partial charge in [-0.1, -0.05) is 24.3 Å². The highest BCUT2D eigenvalue weighted by atomic mass is 16.2. The van der Waals surface area contributed by atoms with Gasteiger partial charge < -0.3 is 9.47 Å². The number of aromatic nitrogens is 4. The number of rotatable bonds is 2. The molecule has 0 spiro atoms. The number of hydrogen-bond acceptors (Lipinski definition) is 5. The highest BCUT2D eigenvalue weighted by Crippen LogP contribution is 2.41. The van der Waals surface area contributed by atoms with Crippen LogP contribution in [0.3, 0.4) is 0 Å². The van der Waals surface area contributed by atoms with E-state index in [0.717, 1.165) is 5.56 Å². The second-order valence-corrected chi connectivity index (χ2v) is 6.81. The second kappa shape index (κ2) is 5.82. The number of nitrogens with zero attached hydrogens (tertiary/aromatic N) is 5. The van der Waals surface area contributed by atoms with Crippen LogP contribution in [0.5, 0.6) is 0 Å². The van der Waals surface area contributed by atoms with Crippen molar-refractivity contribution in [2.24, 2.45) is 0 Å². The summed E-state index contributed by atoms with van der Waals surface area (Å²) in [6.07, 6.45) is 6.43. The first-order valence-corrected chi connectivity index (χ1v) is 8.73. The van der Waals surface area contributed by atoms with E-state index in [9.17, 15) is 9.59 Å². The van der Waals surface area contributed by atoms with Crippen LogP contribution < -0.4 is 0 Å². The molecule has 0 unspecified atom stereocenters. The maximum atomic E-state index is 13.4. The molecule has 7 heteroatoms. The van der Waals surface area contributed by atoms with Crippen LogP contribution in [-0.4, -0.2) is 50.2 Å². The van der Waals surface area contributed by atoms with E-state index < -0.39 is 0 Å². The van der Waals surface area contributed by atoms with Gasteiger partial charge in [0.05, 0.1) is 34.4 Å². The molecule has 5 rings (SSSR count). The van der Waals surface area contributed by atoms with E-state index in [2.05, 4.69) is 15.0 Å². The lowest BCUT2D eigenvalue weighted by Crippen LogP contribution is -2.24. The Morgan fingerprint density at radius 1 is 1.11 bits per heavy atom. The van der Waals surface area contributed by atoms with Gasteiger partial charge in [-0.05, 0) is 6.07 Å². The van der Waals surface area contributed by atoms with Crippen molar-refractivity contribution in [3.8, 4) is 16.9 Å². The van der Waals surface area contributed by atoms with E-state index in [1.54, 1.807) is 49.5 Å². The number of hydrogen-bond donors (Lipinski definition) is 0. The topological polar surface area (TPSA) is 81.0 Å². The largest absolute Gasteiger partial charge is 0.345 e. The zero-order valence-corrected chi connectivity index (χ0v) is 15.2. The molecule has 4 aromatic rings. The third-order valence-electron chi connectivity index (χ3n) is 4.96. The average Bonchev–Trinajstić information content (AvgIpc) is 3.25. The minimum Gasteiger partial charge on any atom is -0.345 e. The number of ketones is 1. The van der Waals surface area contributed by atoms with Crippen molar-refractivity contribution in [1.29, 1.82) is 0 Å². The smallest absolute Gasteiger partial charge is 0.255 e. The fraction of sp³-hybridized carbons (Fsp3) is 0.0952. The van der Waals surface area contributed by atoms with Crippen molar-refractivity contribution in [2.75, 3.05) is 14.1 Å². The van der Waals surface area contributed by atoms with E-state index in [1.165, 1.54) is 11.2 Å². The van der Waals surface area contributed by atoms with E-state index in [4.69, 9.17) is 0 Å². The van der Waals surface area contributed by atoms with Gasteiger partial charge in [0, 0.05) is 43.0 Å². The minimum absolute atomic E-state index is 0.115. The van der Waals surface area contributed by atoms with Crippen molar-refractivity contribution in [2.45, 2.75) is 0 Å². The molecule has 7 nitrogen and oxygen atoms in total. The summed E-state index contributed by atoms with van der Waals surface area (Å²) in [6.45, 7) is 0. The van der Waals surface area contributed by atoms with Crippen LogP contribution in [0.2, 0.25) is 0 Å². The number of imidazole rings is 1. The number of carbonyl (C=O) groups is 2. The summed E-state index contributed by atoms with van der Waals surface area (Å²) in [6, 6.07) is 9.09. The minimum atomic E-state index is -0.191. The molecular formula is C21H15N5O2. The monoisotopic (exact) mass is 369 g/mol. The average molecular weight is 369 g/mol. The molecule has 0 saturated heterocycles. The molecule has 0 radical (unpaired) electrons. The van der Waals surface area contributed by atoms with E-state index in [1.807, 2.05) is 18.2 Å². The summed E-state index contributed by atoms with van der Waals surface area (Å²) >= 11 is 0. The van der Waals surface area contributed by atoms with Crippen molar-refractivity contribution in [3.63, 3.8) is 0 Å². The molecule has 2 aromatic carbocycles. The highest BCUT2D eigenvalue weighted by Gasteiger charge is 2.32. The summed E-state index contributed by atoms with van der Waals surface area (Å²) in [5.74, 6) is -0.306. The molecule has 1 amide bonds. The Hall–Kier alpha value is -3.87. The number of fused-ring (bicyclic) bond motifs is 2. The fourth-order valence-electron chi connectivity index (χ4n) is 3.70. The summed E-state index contributed by atoms with van der Waals surface area (Å²) in [7, 11) is 3.38. The second-order valence-electron chi connectivity index (χ2n) is 6.81. The molecule has 0 fully saturated rings. The van der Waals surface area contributed by atoms with E-state index >= 15 is 0 Å². The molecule has 2 aromatic heterocycles. The van der Waals surface area contributed by atoms with Crippen molar-refractivity contribution in [3.05, 3.63) is 72.1 Å². The molecular weight excluding hydrogens is 354 g/mol. The van der Waals surface area contributed by atoms with Gasteiger partial charge in [0.25, 0.3) is 5.91 Å². The first-order chi connectivity index (χ1) is 13.6. The Bertz CT molecular complexity index is 1280. The lowest BCUT2D eigenvalue weighted by molar-refractivity contribution is 0.0828. The standard InChI is InChI=1S/C21H15N5O2/c1-25(2)21(28)14-9-15(26-8-7-22-11-26)16-17-18(23-10-24-19(14)17)12-5-3-4-6-13(12)20(16)27/h3-11H,1-2H3. The fourth-order valence-corrected chi connectivity index (χ4v) is 3.70. The Morgan fingerprint density at radius 2 is 1.89 bits per heavy atom.